The molecule has 8 heteroatoms. The molecular formula is C18H23BN2O4S. The first-order valence-electron chi connectivity index (χ1n) is 8.42. The summed E-state index contributed by atoms with van der Waals surface area (Å²) in [6.07, 6.45) is 1.60. The second-order valence-corrected chi connectivity index (χ2v) is 9.12. The molecule has 0 atom stereocenters. The van der Waals surface area contributed by atoms with E-state index < -0.39 is 28.3 Å². The molecule has 0 unspecified atom stereocenters. The second kappa shape index (κ2) is 6.37. The van der Waals surface area contributed by atoms with Gasteiger partial charge in [0.05, 0.1) is 16.1 Å². The van der Waals surface area contributed by atoms with E-state index in [0.29, 0.717) is 0 Å². The molecule has 1 aromatic heterocycles. The molecule has 1 fully saturated rings. The maximum Gasteiger partial charge on any atom is 0.496 e. The third-order valence-corrected chi connectivity index (χ3v) is 6.32. The van der Waals surface area contributed by atoms with Gasteiger partial charge in [-0.15, -0.1) is 0 Å². The minimum atomic E-state index is -3.67. The molecule has 2 heterocycles. The summed E-state index contributed by atoms with van der Waals surface area (Å²) in [5, 5.41) is 0. The van der Waals surface area contributed by atoms with Crippen molar-refractivity contribution in [2.75, 3.05) is 4.72 Å². The number of hydrogen-bond acceptors (Lipinski definition) is 5. The maximum absolute atomic E-state index is 12.4. The molecule has 2 aromatic rings. The van der Waals surface area contributed by atoms with Crippen LogP contribution in [0.2, 0.25) is 0 Å². The number of anilines is 1. The van der Waals surface area contributed by atoms with E-state index >= 15 is 0 Å². The number of sulfonamides is 1. The molecule has 0 amide bonds. The Morgan fingerprint density at radius 1 is 1.04 bits per heavy atom. The van der Waals surface area contributed by atoms with Crippen molar-refractivity contribution < 1.29 is 17.7 Å². The molecule has 0 radical (unpaired) electrons. The average molecular weight is 374 g/mol. The summed E-state index contributed by atoms with van der Waals surface area (Å²) < 4.78 is 39.4. The first-order valence-corrected chi connectivity index (χ1v) is 9.90. The van der Waals surface area contributed by atoms with Gasteiger partial charge in [0.2, 0.25) is 0 Å². The molecule has 0 spiro atoms. The minimum absolute atomic E-state index is 0.189. The Labute approximate surface area is 155 Å². The van der Waals surface area contributed by atoms with Crippen molar-refractivity contribution in [2.45, 2.75) is 50.7 Å². The predicted octanol–water partition coefficient (Wildman–Crippen LogP) is 2.49. The molecule has 1 aliphatic heterocycles. The summed E-state index contributed by atoms with van der Waals surface area (Å²) in [7, 11) is -4.21. The number of aromatic nitrogens is 1. The van der Waals surface area contributed by atoms with Crippen molar-refractivity contribution in [1.29, 1.82) is 0 Å². The largest absolute Gasteiger partial charge is 0.496 e. The zero-order valence-corrected chi connectivity index (χ0v) is 16.4. The molecule has 1 saturated heterocycles. The minimum Gasteiger partial charge on any atom is -0.399 e. The highest BCUT2D eigenvalue weighted by Gasteiger charge is 2.52. The van der Waals surface area contributed by atoms with Crippen molar-refractivity contribution in [1.82, 2.24) is 4.98 Å². The lowest BCUT2D eigenvalue weighted by Crippen LogP contribution is -2.41. The van der Waals surface area contributed by atoms with Crippen LogP contribution in [-0.4, -0.2) is 31.7 Å². The molecule has 6 nitrogen and oxygen atoms in total. The summed E-state index contributed by atoms with van der Waals surface area (Å²) in [6, 6.07) is 9.87. The number of nitrogens with one attached hydrogen (secondary N) is 1. The fraction of sp³-hybridized carbons (Fsp3) is 0.389. The SMILES string of the molecule is Cc1cc(NS(=O)(=O)c2ccccc2)ncc1B1OC(C)(C)C(C)(C)O1. The number of benzene rings is 1. The van der Waals surface area contributed by atoms with Gasteiger partial charge in [-0.25, -0.2) is 13.4 Å². The normalized spacial score (nSPS) is 18.7. The number of hydrogen-bond donors (Lipinski definition) is 1. The first-order chi connectivity index (χ1) is 12.0. The zero-order valence-electron chi connectivity index (χ0n) is 15.6. The maximum atomic E-state index is 12.4. The van der Waals surface area contributed by atoms with E-state index in [4.69, 9.17) is 9.31 Å². The highest BCUT2D eigenvalue weighted by Crippen LogP contribution is 2.36. The average Bonchev–Trinajstić information content (AvgIpc) is 2.75. The molecule has 138 valence electrons. The summed E-state index contributed by atoms with van der Waals surface area (Å²) in [5.41, 5.74) is 0.727. The Hall–Kier alpha value is -1.90. The fourth-order valence-corrected chi connectivity index (χ4v) is 3.66. The topological polar surface area (TPSA) is 77.5 Å². The van der Waals surface area contributed by atoms with Crippen LogP contribution in [0.25, 0.3) is 0 Å². The van der Waals surface area contributed by atoms with Crippen LogP contribution < -0.4 is 10.2 Å². The van der Waals surface area contributed by atoms with Gasteiger partial charge in [0.15, 0.2) is 0 Å². The van der Waals surface area contributed by atoms with Crippen molar-refractivity contribution >= 4 is 28.4 Å². The third-order valence-electron chi connectivity index (χ3n) is 4.95. The Kier molecular flexibility index (Phi) is 4.63. The predicted molar refractivity (Wildman–Crippen MR) is 102 cm³/mol. The van der Waals surface area contributed by atoms with Crippen LogP contribution in [0.3, 0.4) is 0 Å². The molecule has 26 heavy (non-hydrogen) atoms. The monoisotopic (exact) mass is 374 g/mol. The van der Waals surface area contributed by atoms with E-state index in [0.717, 1.165) is 11.0 Å². The standard InChI is InChI=1S/C18H23BN2O4S/c1-13-11-16(21-26(22,23)14-9-7-6-8-10-14)20-12-15(13)19-24-17(2,3)18(4,5)25-19/h6-12H,1-5H3,(H,20,21). The summed E-state index contributed by atoms with van der Waals surface area (Å²) in [4.78, 5) is 4.43. The van der Waals surface area contributed by atoms with Gasteiger partial charge in [0.1, 0.15) is 5.82 Å². The number of aryl methyl sites for hydroxylation is 1. The Morgan fingerprint density at radius 3 is 2.15 bits per heavy atom. The van der Waals surface area contributed by atoms with Crippen LogP contribution in [0.4, 0.5) is 5.82 Å². The van der Waals surface area contributed by atoms with Gasteiger partial charge in [-0.05, 0) is 58.4 Å². The van der Waals surface area contributed by atoms with Gasteiger partial charge in [-0.3, -0.25) is 4.72 Å². The first kappa shape index (κ1) is 18.9. The molecule has 0 bridgehead atoms. The highest BCUT2D eigenvalue weighted by atomic mass is 32.2. The van der Waals surface area contributed by atoms with Crippen LogP contribution in [0, 0.1) is 6.92 Å². The smallest absolute Gasteiger partial charge is 0.399 e. The summed E-state index contributed by atoms with van der Waals surface area (Å²) in [6.45, 7) is 9.81. The van der Waals surface area contributed by atoms with E-state index in [1.54, 1.807) is 30.5 Å². The highest BCUT2D eigenvalue weighted by molar-refractivity contribution is 7.92. The van der Waals surface area contributed by atoms with Crippen LogP contribution in [0.15, 0.2) is 47.5 Å². The van der Waals surface area contributed by atoms with E-state index in [1.165, 1.54) is 12.1 Å². The second-order valence-electron chi connectivity index (χ2n) is 7.43. The van der Waals surface area contributed by atoms with Gasteiger partial charge in [0.25, 0.3) is 10.0 Å². The van der Waals surface area contributed by atoms with Gasteiger partial charge in [0, 0.05) is 11.7 Å². The lowest BCUT2D eigenvalue weighted by atomic mass is 9.77. The summed E-state index contributed by atoms with van der Waals surface area (Å²) in [5.74, 6) is 0.256. The van der Waals surface area contributed by atoms with Crippen LogP contribution in [-0.2, 0) is 19.3 Å². The van der Waals surface area contributed by atoms with Crippen molar-refractivity contribution in [3.05, 3.63) is 48.2 Å². The molecule has 1 N–H and O–H groups in total. The number of nitrogens with zero attached hydrogens (tertiary/aromatic N) is 1. The number of rotatable bonds is 4. The van der Waals surface area contributed by atoms with Crippen molar-refractivity contribution in [3.63, 3.8) is 0 Å². The van der Waals surface area contributed by atoms with Crippen LogP contribution in [0.5, 0.6) is 0 Å². The van der Waals surface area contributed by atoms with E-state index in [-0.39, 0.29) is 10.7 Å². The quantitative estimate of drug-likeness (QED) is 0.832. The Balaban J connectivity index is 1.83. The van der Waals surface area contributed by atoms with Gasteiger partial charge >= 0.3 is 7.12 Å². The molecule has 0 saturated carbocycles. The van der Waals surface area contributed by atoms with Gasteiger partial charge in [-0.2, -0.15) is 0 Å². The number of pyridine rings is 1. The molecule has 0 aliphatic carbocycles. The lowest BCUT2D eigenvalue weighted by molar-refractivity contribution is 0.00578. The molecule has 3 rings (SSSR count). The van der Waals surface area contributed by atoms with E-state index in [2.05, 4.69) is 9.71 Å². The molecular weight excluding hydrogens is 351 g/mol. The summed E-state index contributed by atoms with van der Waals surface area (Å²) >= 11 is 0. The molecule has 1 aromatic carbocycles. The van der Waals surface area contributed by atoms with Crippen molar-refractivity contribution in [2.24, 2.45) is 0 Å². The lowest BCUT2D eigenvalue weighted by Gasteiger charge is -2.32. The fourth-order valence-electron chi connectivity index (χ4n) is 2.64. The third kappa shape index (κ3) is 3.49. The Bertz CT molecular complexity index is 898. The van der Waals surface area contributed by atoms with E-state index in [1.807, 2.05) is 34.6 Å². The van der Waals surface area contributed by atoms with E-state index in [9.17, 15) is 8.42 Å². The van der Waals surface area contributed by atoms with Crippen molar-refractivity contribution in [3.8, 4) is 0 Å². The Morgan fingerprint density at radius 2 is 1.62 bits per heavy atom. The molecule has 1 aliphatic rings. The van der Waals surface area contributed by atoms with Gasteiger partial charge < -0.3 is 9.31 Å². The van der Waals surface area contributed by atoms with Gasteiger partial charge in [-0.1, -0.05) is 18.2 Å². The van der Waals surface area contributed by atoms with Crippen LogP contribution in [0.1, 0.15) is 33.3 Å². The van der Waals surface area contributed by atoms with Crippen LogP contribution >= 0.6 is 0 Å². The zero-order chi connectivity index (χ0) is 19.2.